The number of hydrogen-bond donors (Lipinski definition) is 0. The first kappa shape index (κ1) is 13.7. The van der Waals surface area contributed by atoms with Gasteiger partial charge in [-0.25, -0.2) is 0 Å². The zero-order valence-corrected chi connectivity index (χ0v) is 13.3. The van der Waals surface area contributed by atoms with Crippen LogP contribution in [0, 0.1) is 6.92 Å². The van der Waals surface area contributed by atoms with E-state index in [0.29, 0.717) is 5.92 Å². The van der Waals surface area contributed by atoms with Crippen LogP contribution < -0.4 is 4.74 Å². The predicted molar refractivity (Wildman–Crippen MR) is 86.5 cm³/mol. The Bertz CT molecular complexity index is 606. The molecule has 2 heteroatoms. The van der Waals surface area contributed by atoms with Crippen LogP contribution in [0.4, 0.5) is 0 Å². The molecule has 0 heterocycles. The maximum atomic E-state index is 6.04. The Balaban J connectivity index is 1.73. The summed E-state index contributed by atoms with van der Waals surface area (Å²) in [6.07, 6.45) is 3.70. The van der Waals surface area contributed by atoms with Gasteiger partial charge in [-0.15, -0.1) is 0 Å². The summed E-state index contributed by atoms with van der Waals surface area (Å²) in [7, 11) is 0. The molecule has 0 saturated carbocycles. The van der Waals surface area contributed by atoms with Gasteiger partial charge in [0.25, 0.3) is 0 Å². The molecule has 104 valence electrons. The van der Waals surface area contributed by atoms with Crippen LogP contribution in [-0.2, 0) is 6.42 Å². The summed E-state index contributed by atoms with van der Waals surface area (Å²) in [6.45, 7) is 2.85. The molecule has 0 aliphatic heterocycles. The smallest absolute Gasteiger partial charge is 0.133 e. The lowest BCUT2D eigenvalue weighted by atomic mass is 9.83. The average molecular weight is 331 g/mol. The fraction of sp³-hybridized carbons (Fsp3) is 0.333. The lowest BCUT2D eigenvalue weighted by Gasteiger charge is -2.25. The normalized spacial score (nSPS) is 17.6. The predicted octanol–water partition coefficient (Wildman–Crippen LogP) is 5.26. The van der Waals surface area contributed by atoms with Crippen molar-refractivity contribution in [2.45, 2.75) is 32.1 Å². The van der Waals surface area contributed by atoms with Crippen LogP contribution in [0.2, 0.25) is 0 Å². The molecular weight excluding hydrogens is 312 g/mol. The van der Waals surface area contributed by atoms with E-state index in [9.17, 15) is 0 Å². The monoisotopic (exact) mass is 330 g/mol. The van der Waals surface area contributed by atoms with E-state index in [1.165, 1.54) is 36.0 Å². The van der Waals surface area contributed by atoms with Crippen LogP contribution in [0.5, 0.6) is 5.75 Å². The number of halogens is 1. The molecule has 0 spiro atoms. The molecule has 1 atom stereocenters. The maximum absolute atomic E-state index is 6.04. The van der Waals surface area contributed by atoms with E-state index < -0.39 is 0 Å². The number of fused-ring (bicyclic) bond motifs is 1. The van der Waals surface area contributed by atoms with Gasteiger partial charge in [-0.3, -0.25) is 0 Å². The van der Waals surface area contributed by atoms with Gasteiger partial charge in [0, 0.05) is 5.92 Å². The molecule has 0 radical (unpaired) electrons. The molecule has 0 N–H and O–H groups in total. The van der Waals surface area contributed by atoms with Gasteiger partial charge in [0.15, 0.2) is 0 Å². The Kier molecular flexibility index (Phi) is 4.11. The molecule has 1 aliphatic rings. The molecule has 0 fully saturated rings. The van der Waals surface area contributed by atoms with Gasteiger partial charge < -0.3 is 4.74 Å². The molecule has 0 bridgehead atoms. The van der Waals surface area contributed by atoms with Crippen LogP contribution in [0.1, 0.15) is 35.4 Å². The van der Waals surface area contributed by atoms with E-state index in [1.54, 1.807) is 0 Å². The van der Waals surface area contributed by atoms with Crippen LogP contribution in [0.25, 0.3) is 0 Å². The highest BCUT2D eigenvalue weighted by Gasteiger charge is 2.20. The fourth-order valence-electron chi connectivity index (χ4n) is 2.94. The second-order valence-corrected chi connectivity index (χ2v) is 6.39. The minimum atomic E-state index is 0.521. The molecular formula is C18H19BrO. The average Bonchev–Trinajstić information content (AvgIpc) is 2.46. The Morgan fingerprint density at radius 2 is 2.05 bits per heavy atom. The first-order chi connectivity index (χ1) is 9.74. The molecule has 2 aromatic carbocycles. The number of hydrogen-bond acceptors (Lipinski definition) is 1. The van der Waals surface area contributed by atoms with Crippen molar-refractivity contribution in [3.05, 3.63) is 63.6 Å². The van der Waals surface area contributed by atoms with Crippen LogP contribution in [0.3, 0.4) is 0 Å². The molecule has 2 aromatic rings. The first-order valence-corrected chi connectivity index (χ1v) is 8.00. The Labute approximate surface area is 129 Å². The Morgan fingerprint density at radius 1 is 1.20 bits per heavy atom. The van der Waals surface area contributed by atoms with Gasteiger partial charge in [0.05, 0.1) is 11.1 Å². The highest BCUT2D eigenvalue weighted by Crippen LogP contribution is 2.33. The highest BCUT2D eigenvalue weighted by atomic mass is 79.9. The van der Waals surface area contributed by atoms with Crippen molar-refractivity contribution in [3.63, 3.8) is 0 Å². The quantitative estimate of drug-likeness (QED) is 0.746. The van der Waals surface area contributed by atoms with E-state index in [4.69, 9.17) is 4.74 Å². The summed E-state index contributed by atoms with van der Waals surface area (Å²) in [4.78, 5) is 0. The second-order valence-electron chi connectivity index (χ2n) is 5.53. The van der Waals surface area contributed by atoms with Crippen molar-refractivity contribution in [2.75, 3.05) is 6.61 Å². The summed E-state index contributed by atoms with van der Waals surface area (Å²) >= 11 is 3.58. The molecule has 3 rings (SSSR count). The largest absolute Gasteiger partial charge is 0.492 e. The summed E-state index contributed by atoms with van der Waals surface area (Å²) in [5.41, 5.74) is 4.21. The van der Waals surface area contributed by atoms with Gasteiger partial charge in [0.1, 0.15) is 5.75 Å². The summed E-state index contributed by atoms with van der Waals surface area (Å²) in [5.74, 6) is 1.46. The molecule has 1 unspecified atom stereocenters. The third-order valence-corrected chi connectivity index (χ3v) is 4.64. The number of benzene rings is 2. The summed E-state index contributed by atoms with van der Waals surface area (Å²) in [6, 6.07) is 15.0. The first-order valence-electron chi connectivity index (χ1n) is 7.21. The third kappa shape index (κ3) is 2.90. The lowest BCUT2D eigenvalue weighted by Crippen LogP contribution is -2.16. The van der Waals surface area contributed by atoms with Gasteiger partial charge in [-0.05, 0) is 70.9 Å². The summed E-state index contributed by atoms with van der Waals surface area (Å²) in [5, 5.41) is 0. The third-order valence-electron chi connectivity index (χ3n) is 4.02. The molecule has 1 nitrogen and oxygen atoms in total. The SMILES string of the molecule is Cc1ccc(OCC2CCCc3ccccc32)c(Br)c1. The van der Waals surface area contributed by atoms with Gasteiger partial charge in [0.2, 0.25) is 0 Å². The molecule has 0 saturated heterocycles. The zero-order chi connectivity index (χ0) is 13.9. The van der Waals surface area contributed by atoms with Crippen molar-refractivity contribution in [1.29, 1.82) is 0 Å². The van der Waals surface area contributed by atoms with E-state index in [-0.39, 0.29) is 0 Å². The number of ether oxygens (including phenoxy) is 1. The van der Waals surface area contributed by atoms with Crippen LogP contribution >= 0.6 is 15.9 Å². The van der Waals surface area contributed by atoms with Gasteiger partial charge in [-0.2, -0.15) is 0 Å². The van der Waals surface area contributed by atoms with E-state index in [1.807, 2.05) is 6.07 Å². The minimum Gasteiger partial charge on any atom is -0.492 e. The molecule has 1 aliphatic carbocycles. The molecule has 0 aromatic heterocycles. The van der Waals surface area contributed by atoms with E-state index in [2.05, 4.69) is 59.3 Å². The molecule has 0 amide bonds. The highest BCUT2D eigenvalue weighted by molar-refractivity contribution is 9.10. The Hall–Kier alpha value is -1.28. The minimum absolute atomic E-state index is 0.521. The van der Waals surface area contributed by atoms with Crippen LogP contribution in [0.15, 0.2) is 46.9 Å². The number of aryl methyl sites for hydroxylation is 2. The van der Waals surface area contributed by atoms with Gasteiger partial charge in [-0.1, -0.05) is 30.3 Å². The maximum Gasteiger partial charge on any atom is 0.133 e. The Morgan fingerprint density at radius 3 is 2.90 bits per heavy atom. The number of rotatable bonds is 3. The fourth-order valence-corrected chi connectivity index (χ4v) is 3.55. The van der Waals surface area contributed by atoms with E-state index >= 15 is 0 Å². The van der Waals surface area contributed by atoms with E-state index in [0.717, 1.165) is 16.8 Å². The van der Waals surface area contributed by atoms with Crippen molar-refractivity contribution >= 4 is 15.9 Å². The van der Waals surface area contributed by atoms with Gasteiger partial charge >= 0.3 is 0 Å². The zero-order valence-electron chi connectivity index (χ0n) is 11.7. The standard InChI is InChI=1S/C18H19BrO/c1-13-9-10-18(17(19)11-13)20-12-15-7-4-6-14-5-2-3-8-16(14)15/h2-3,5,8-11,15H,4,6-7,12H2,1H3. The lowest BCUT2D eigenvalue weighted by molar-refractivity contribution is 0.273. The van der Waals surface area contributed by atoms with Crippen LogP contribution in [-0.4, -0.2) is 6.61 Å². The molecule has 20 heavy (non-hydrogen) atoms. The summed E-state index contributed by atoms with van der Waals surface area (Å²) < 4.78 is 7.08. The van der Waals surface area contributed by atoms with Crippen molar-refractivity contribution in [1.82, 2.24) is 0 Å². The topological polar surface area (TPSA) is 9.23 Å². The van der Waals surface area contributed by atoms with Crippen molar-refractivity contribution in [3.8, 4) is 5.75 Å². The van der Waals surface area contributed by atoms with Crippen molar-refractivity contribution < 1.29 is 4.74 Å². The van der Waals surface area contributed by atoms with Crippen molar-refractivity contribution in [2.24, 2.45) is 0 Å². The second kappa shape index (κ2) is 6.01.